The zero-order valence-corrected chi connectivity index (χ0v) is 22.1. The molecule has 34 heavy (non-hydrogen) atoms. The molecule has 0 spiro atoms. The lowest BCUT2D eigenvalue weighted by Crippen LogP contribution is -2.34. The number of carboxylic acid groups (broad SMARTS) is 1. The predicted molar refractivity (Wildman–Crippen MR) is 135 cm³/mol. The molecule has 3 rings (SSSR count). The molecule has 0 bridgehead atoms. The third-order valence-corrected chi connectivity index (χ3v) is 8.72. The van der Waals surface area contributed by atoms with Gasteiger partial charge in [-0.25, -0.2) is 9.78 Å². The van der Waals surface area contributed by atoms with E-state index in [0.29, 0.717) is 27.5 Å². The van der Waals surface area contributed by atoms with Crippen LogP contribution in [0.5, 0.6) is 5.75 Å². The van der Waals surface area contributed by atoms with Crippen LogP contribution in [-0.2, 0) is 16.6 Å². The minimum Gasteiger partial charge on any atom is -0.487 e. The summed E-state index contributed by atoms with van der Waals surface area (Å²) in [5, 5.41) is 11.5. The molecular formula is C23H24Cl2N2O5S2. The van der Waals surface area contributed by atoms with Gasteiger partial charge in [0.25, 0.3) is 10.0 Å². The lowest BCUT2D eigenvalue weighted by atomic mass is 10.1. The molecule has 0 aliphatic heterocycles. The molecular weight excluding hydrogens is 519 g/mol. The van der Waals surface area contributed by atoms with Crippen molar-refractivity contribution in [2.75, 3.05) is 10.8 Å². The molecule has 1 aromatic heterocycles. The van der Waals surface area contributed by atoms with Crippen molar-refractivity contribution in [3.8, 4) is 5.75 Å². The summed E-state index contributed by atoms with van der Waals surface area (Å²) in [6.45, 7) is 7.54. The van der Waals surface area contributed by atoms with Gasteiger partial charge in [-0.3, -0.25) is 4.31 Å². The number of rotatable bonds is 9. The topological polar surface area (TPSA) is 96.8 Å². The molecule has 0 aliphatic rings. The first-order valence-electron chi connectivity index (χ1n) is 10.3. The first-order chi connectivity index (χ1) is 15.9. The van der Waals surface area contributed by atoms with Crippen molar-refractivity contribution in [2.24, 2.45) is 5.92 Å². The van der Waals surface area contributed by atoms with E-state index in [-0.39, 0.29) is 39.7 Å². The molecule has 2 aromatic carbocycles. The molecule has 3 aromatic rings. The molecule has 0 saturated heterocycles. The predicted octanol–water partition coefficient (Wildman–Crippen LogP) is 6.20. The van der Waals surface area contributed by atoms with E-state index >= 15 is 0 Å². The van der Waals surface area contributed by atoms with E-state index in [1.807, 2.05) is 13.8 Å². The standard InChI is InChI=1S/C23H24Cl2N2O5S2/c1-13(2)10-27(34(30,31)23-26-15(4)12-33-23)20-7-14(3)18(24)9-21(20)32-11-17-6-5-16(22(28)29)8-19(17)25/h5-9,12-13H,10-11H2,1-4H3,(H,28,29). The van der Waals surface area contributed by atoms with Crippen molar-refractivity contribution in [3.63, 3.8) is 0 Å². The van der Waals surface area contributed by atoms with E-state index in [1.54, 1.807) is 37.4 Å². The van der Waals surface area contributed by atoms with Crippen LogP contribution in [0.25, 0.3) is 0 Å². The summed E-state index contributed by atoms with van der Waals surface area (Å²) in [5.74, 6) is -0.821. The van der Waals surface area contributed by atoms with Gasteiger partial charge >= 0.3 is 5.97 Å². The van der Waals surface area contributed by atoms with Crippen LogP contribution in [0.1, 0.15) is 41.0 Å². The molecule has 7 nitrogen and oxygen atoms in total. The Balaban J connectivity index is 2.04. The number of carbonyl (C=O) groups is 1. The average molecular weight is 543 g/mol. The number of aromatic carboxylic acids is 1. The van der Waals surface area contributed by atoms with Gasteiger partial charge in [-0.2, -0.15) is 8.42 Å². The van der Waals surface area contributed by atoms with Crippen molar-refractivity contribution < 1.29 is 23.1 Å². The largest absolute Gasteiger partial charge is 0.487 e. The van der Waals surface area contributed by atoms with E-state index < -0.39 is 16.0 Å². The third kappa shape index (κ3) is 5.83. The van der Waals surface area contributed by atoms with Gasteiger partial charge < -0.3 is 9.84 Å². The zero-order valence-electron chi connectivity index (χ0n) is 19.0. The number of benzene rings is 2. The smallest absolute Gasteiger partial charge is 0.335 e. The maximum Gasteiger partial charge on any atom is 0.335 e. The Bertz CT molecular complexity index is 1320. The number of hydrogen-bond donors (Lipinski definition) is 1. The van der Waals surface area contributed by atoms with Crippen LogP contribution in [0.2, 0.25) is 10.0 Å². The number of ether oxygens (including phenoxy) is 1. The Labute approximate surface area is 213 Å². The van der Waals surface area contributed by atoms with Crippen LogP contribution in [0.15, 0.2) is 40.1 Å². The molecule has 0 saturated carbocycles. The van der Waals surface area contributed by atoms with Gasteiger partial charge in [-0.05, 0) is 43.5 Å². The van der Waals surface area contributed by atoms with Crippen molar-refractivity contribution in [1.82, 2.24) is 4.98 Å². The van der Waals surface area contributed by atoms with Crippen LogP contribution in [0, 0.1) is 19.8 Å². The maximum atomic E-state index is 13.6. The highest BCUT2D eigenvalue weighted by Crippen LogP contribution is 2.38. The first-order valence-corrected chi connectivity index (χ1v) is 13.4. The van der Waals surface area contributed by atoms with Gasteiger partial charge in [0.05, 0.1) is 11.3 Å². The minimum absolute atomic E-state index is 0.00323. The molecule has 11 heteroatoms. The number of nitrogens with zero attached hydrogens (tertiary/aromatic N) is 2. The Morgan fingerprint density at radius 2 is 1.88 bits per heavy atom. The van der Waals surface area contributed by atoms with Crippen LogP contribution in [0.3, 0.4) is 0 Å². The number of halogens is 2. The molecule has 182 valence electrons. The number of anilines is 1. The van der Waals surface area contributed by atoms with E-state index in [4.69, 9.17) is 33.0 Å². The highest BCUT2D eigenvalue weighted by atomic mass is 35.5. The molecule has 0 aliphatic carbocycles. The van der Waals surface area contributed by atoms with E-state index in [2.05, 4.69) is 4.98 Å². The van der Waals surface area contributed by atoms with Crippen LogP contribution >= 0.6 is 34.5 Å². The van der Waals surface area contributed by atoms with Crippen molar-refractivity contribution in [2.45, 2.75) is 38.6 Å². The van der Waals surface area contributed by atoms with E-state index in [9.17, 15) is 13.2 Å². The highest BCUT2D eigenvalue weighted by molar-refractivity contribution is 7.94. The molecule has 0 amide bonds. The Hall–Kier alpha value is -2.33. The van der Waals surface area contributed by atoms with Gasteiger partial charge in [0.2, 0.25) is 4.34 Å². The second-order valence-corrected chi connectivity index (χ2v) is 11.9. The quantitative estimate of drug-likeness (QED) is 0.346. The lowest BCUT2D eigenvalue weighted by Gasteiger charge is -2.27. The summed E-state index contributed by atoms with van der Waals surface area (Å²) in [4.78, 5) is 15.4. The molecule has 1 N–H and O–H groups in total. The van der Waals surface area contributed by atoms with Gasteiger partial charge in [-0.1, -0.05) is 43.1 Å². The molecule has 0 fully saturated rings. The number of thiazole rings is 1. The fraction of sp³-hybridized carbons (Fsp3) is 0.304. The van der Waals surface area contributed by atoms with Gasteiger partial charge in [0.1, 0.15) is 12.4 Å². The molecule has 0 unspecified atom stereocenters. The van der Waals surface area contributed by atoms with Crippen LogP contribution in [-0.4, -0.2) is 31.0 Å². The number of hydrogen-bond acceptors (Lipinski definition) is 6. The van der Waals surface area contributed by atoms with Gasteiger partial charge in [0.15, 0.2) is 0 Å². The van der Waals surface area contributed by atoms with Crippen molar-refractivity contribution >= 4 is 56.2 Å². The normalized spacial score (nSPS) is 11.6. The van der Waals surface area contributed by atoms with E-state index in [1.165, 1.54) is 16.4 Å². The summed E-state index contributed by atoms with van der Waals surface area (Å²) < 4.78 is 34.4. The maximum absolute atomic E-state index is 13.6. The first kappa shape index (κ1) is 26.3. The second-order valence-electron chi connectivity index (χ2n) is 8.15. The summed E-state index contributed by atoms with van der Waals surface area (Å²) in [6, 6.07) is 7.57. The number of carboxylic acids is 1. The van der Waals surface area contributed by atoms with Gasteiger partial charge in [0, 0.05) is 39.3 Å². The number of aryl methyl sites for hydroxylation is 2. The summed E-state index contributed by atoms with van der Waals surface area (Å²) in [7, 11) is -3.96. The highest BCUT2D eigenvalue weighted by Gasteiger charge is 2.31. The zero-order chi connectivity index (χ0) is 25.2. The Kier molecular flexibility index (Phi) is 8.13. The van der Waals surface area contributed by atoms with Crippen LogP contribution < -0.4 is 9.04 Å². The number of aromatic nitrogens is 1. The molecule has 0 radical (unpaired) electrons. The fourth-order valence-electron chi connectivity index (χ4n) is 3.11. The average Bonchev–Trinajstić information content (AvgIpc) is 3.20. The molecule has 0 atom stereocenters. The van der Waals surface area contributed by atoms with Crippen molar-refractivity contribution in [3.05, 3.63) is 68.1 Å². The number of sulfonamides is 1. The SMILES string of the molecule is Cc1csc(S(=O)(=O)N(CC(C)C)c2cc(C)c(Cl)cc2OCc2ccc(C(=O)O)cc2Cl)n1. The second kappa shape index (κ2) is 10.5. The monoisotopic (exact) mass is 542 g/mol. The Morgan fingerprint density at radius 3 is 2.44 bits per heavy atom. The van der Waals surface area contributed by atoms with E-state index in [0.717, 1.165) is 11.3 Å². The van der Waals surface area contributed by atoms with Gasteiger partial charge in [-0.15, -0.1) is 11.3 Å². The van der Waals surface area contributed by atoms with Crippen molar-refractivity contribution in [1.29, 1.82) is 0 Å². The summed E-state index contributed by atoms with van der Waals surface area (Å²) in [6.07, 6.45) is 0. The lowest BCUT2D eigenvalue weighted by molar-refractivity contribution is 0.0697. The third-order valence-electron chi connectivity index (χ3n) is 4.83. The minimum atomic E-state index is -3.96. The summed E-state index contributed by atoms with van der Waals surface area (Å²) >= 11 is 13.7. The fourth-order valence-corrected chi connectivity index (χ4v) is 6.27. The summed E-state index contributed by atoms with van der Waals surface area (Å²) in [5.41, 5.74) is 2.24. The van der Waals surface area contributed by atoms with Crippen LogP contribution in [0.4, 0.5) is 5.69 Å². The Morgan fingerprint density at radius 1 is 1.18 bits per heavy atom. The molecule has 1 heterocycles.